The van der Waals surface area contributed by atoms with E-state index in [9.17, 15) is 9.18 Å². The number of amides is 1. The van der Waals surface area contributed by atoms with Crippen LogP contribution in [0, 0.1) is 18.7 Å². The predicted octanol–water partition coefficient (Wildman–Crippen LogP) is 2.57. The fourth-order valence-electron chi connectivity index (χ4n) is 2.75. The average molecular weight is 333 g/mol. The van der Waals surface area contributed by atoms with Gasteiger partial charge in [-0.25, -0.2) is 4.39 Å². The van der Waals surface area contributed by atoms with Gasteiger partial charge in [-0.05, 0) is 71.0 Å². The van der Waals surface area contributed by atoms with Crippen molar-refractivity contribution >= 4 is 18.5 Å². The van der Waals surface area contributed by atoms with Crippen molar-refractivity contribution in [2.24, 2.45) is 5.92 Å². The van der Waals surface area contributed by atoms with E-state index < -0.39 is 24.1 Å². The summed E-state index contributed by atoms with van der Waals surface area (Å²) in [5.74, 6) is -0.344. The van der Waals surface area contributed by atoms with Gasteiger partial charge in [-0.1, -0.05) is 5.56 Å². The molecule has 0 unspecified atom stereocenters. The summed E-state index contributed by atoms with van der Waals surface area (Å²) in [6.45, 7) is 10.3. The van der Waals surface area contributed by atoms with Gasteiger partial charge >= 0.3 is 7.12 Å². The standard InChI is InChI=1S/C18H25BFNO3/c1-11-8-13(16(22)21-10-12-6-7-12)15(20)9-14(11)19-23-17(2,3)18(4,5)24-19/h8-9,12H,6-7,10H2,1-5H3,(H,21,22). The van der Waals surface area contributed by atoms with Crippen LogP contribution in [0.4, 0.5) is 4.39 Å². The Morgan fingerprint density at radius 3 is 2.38 bits per heavy atom. The van der Waals surface area contributed by atoms with Crippen LogP contribution >= 0.6 is 0 Å². The Kier molecular flexibility index (Phi) is 4.25. The second kappa shape index (κ2) is 5.85. The van der Waals surface area contributed by atoms with E-state index in [-0.39, 0.29) is 11.5 Å². The van der Waals surface area contributed by atoms with Crippen LogP contribution in [0.2, 0.25) is 0 Å². The molecule has 1 heterocycles. The fraction of sp³-hybridized carbons (Fsp3) is 0.611. The maximum atomic E-state index is 14.5. The highest BCUT2D eigenvalue weighted by Crippen LogP contribution is 2.36. The summed E-state index contributed by atoms with van der Waals surface area (Å²) in [5.41, 5.74) is 0.520. The van der Waals surface area contributed by atoms with Crippen molar-refractivity contribution in [2.45, 2.75) is 58.7 Å². The highest BCUT2D eigenvalue weighted by Gasteiger charge is 2.52. The zero-order chi connectivity index (χ0) is 17.7. The lowest BCUT2D eigenvalue weighted by Crippen LogP contribution is -2.41. The summed E-state index contributed by atoms with van der Waals surface area (Å²) in [7, 11) is -0.631. The van der Waals surface area contributed by atoms with Crippen molar-refractivity contribution in [1.82, 2.24) is 5.32 Å². The molecule has 0 bridgehead atoms. The number of hydrogen-bond donors (Lipinski definition) is 1. The molecule has 1 amide bonds. The fourth-order valence-corrected chi connectivity index (χ4v) is 2.75. The second-order valence-corrected chi connectivity index (χ2v) is 7.93. The van der Waals surface area contributed by atoms with E-state index in [1.54, 1.807) is 6.07 Å². The molecule has 1 saturated heterocycles. The van der Waals surface area contributed by atoms with Gasteiger partial charge in [-0.15, -0.1) is 0 Å². The molecule has 2 fully saturated rings. The smallest absolute Gasteiger partial charge is 0.399 e. The summed E-state index contributed by atoms with van der Waals surface area (Å²) >= 11 is 0. The summed E-state index contributed by atoms with van der Waals surface area (Å²) < 4.78 is 26.5. The number of carbonyl (C=O) groups is 1. The Balaban J connectivity index is 1.81. The maximum absolute atomic E-state index is 14.5. The number of benzene rings is 1. The molecule has 1 aromatic carbocycles. The quantitative estimate of drug-likeness (QED) is 0.862. The van der Waals surface area contributed by atoms with Gasteiger partial charge in [-0.2, -0.15) is 0 Å². The molecule has 6 heteroatoms. The molecule has 24 heavy (non-hydrogen) atoms. The molecular weight excluding hydrogens is 308 g/mol. The topological polar surface area (TPSA) is 47.6 Å². The van der Waals surface area contributed by atoms with Crippen molar-refractivity contribution in [3.63, 3.8) is 0 Å². The number of rotatable bonds is 4. The molecule has 1 aliphatic heterocycles. The van der Waals surface area contributed by atoms with E-state index in [1.165, 1.54) is 6.07 Å². The van der Waals surface area contributed by atoms with Gasteiger partial charge in [-0.3, -0.25) is 4.79 Å². The van der Waals surface area contributed by atoms with Crippen LogP contribution in [-0.4, -0.2) is 30.8 Å². The van der Waals surface area contributed by atoms with Crippen molar-refractivity contribution in [2.75, 3.05) is 6.54 Å². The first-order valence-electron chi connectivity index (χ1n) is 8.54. The van der Waals surface area contributed by atoms with E-state index in [1.807, 2.05) is 34.6 Å². The molecule has 1 saturated carbocycles. The summed E-state index contributed by atoms with van der Waals surface area (Å²) in [6, 6.07) is 2.95. The summed E-state index contributed by atoms with van der Waals surface area (Å²) in [5, 5.41) is 2.80. The second-order valence-electron chi connectivity index (χ2n) is 7.93. The predicted molar refractivity (Wildman–Crippen MR) is 91.9 cm³/mol. The van der Waals surface area contributed by atoms with Crippen LogP contribution < -0.4 is 10.8 Å². The van der Waals surface area contributed by atoms with Crippen LogP contribution in [-0.2, 0) is 9.31 Å². The number of nitrogens with one attached hydrogen (secondary N) is 1. The van der Waals surface area contributed by atoms with Gasteiger partial charge in [0, 0.05) is 6.54 Å². The van der Waals surface area contributed by atoms with Crippen molar-refractivity contribution in [1.29, 1.82) is 0 Å². The molecular formula is C18H25BFNO3. The van der Waals surface area contributed by atoms with Gasteiger partial charge in [0.05, 0.1) is 16.8 Å². The molecule has 130 valence electrons. The van der Waals surface area contributed by atoms with Gasteiger partial charge < -0.3 is 14.6 Å². The van der Waals surface area contributed by atoms with Crippen LogP contribution in [0.5, 0.6) is 0 Å². The van der Waals surface area contributed by atoms with Crippen LogP contribution in [0.3, 0.4) is 0 Å². The van der Waals surface area contributed by atoms with Crippen LogP contribution in [0.15, 0.2) is 12.1 Å². The SMILES string of the molecule is Cc1cc(C(=O)NCC2CC2)c(F)cc1B1OC(C)(C)C(C)(C)O1. The van der Waals surface area contributed by atoms with Crippen LogP contribution in [0.25, 0.3) is 0 Å². The molecule has 1 aliphatic carbocycles. The van der Waals surface area contributed by atoms with Gasteiger partial charge in [0.25, 0.3) is 5.91 Å². The van der Waals surface area contributed by atoms with Gasteiger partial charge in [0.1, 0.15) is 5.82 Å². The summed E-state index contributed by atoms with van der Waals surface area (Å²) in [4.78, 5) is 12.2. The van der Waals surface area contributed by atoms with E-state index in [4.69, 9.17) is 9.31 Å². The first kappa shape index (κ1) is 17.4. The first-order valence-corrected chi connectivity index (χ1v) is 8.54. The van der Waals surface area contributed by atoms with Crippen molar-refractivity contribution in [3.05, 3.63) is 29.1 Å². The lowest BCUT2D eigenvalue weighted by Gasteiger charge is -2.32. The van der Waals surface area contributed by atoms with Gasteiger partial charge in [0.15, 0.2) is 0 Å². The molecule has 0 atom stereocenters. The Bertz CT molecular complexity index is 654. The first-order chi connectivity index (χ1) is 11.1. The molecule has 1 aromatic rings. The molecule has 2 aliphatic rings. The maximum Gasteiger partial charge on any atom is 0.495 e. The third-order valence-corrected chi connectivity index (χ3v) is 5.36. The molecule has 4 nitrogen and oxygen atoms in total. The van der Waals surface area contributed by atoms with Crippen molar-refractivity contribution < 1.29 is 18.5 Å². The Morgan fingerprint density at radius 2 is 1.83 bits per heavy atom. The third kappa shape index (κ3) is 3.22. The lowest BCUT2D eigenvalue weighted by atomic mass is 9.75. The zero-order valence-corrected chi connectivity index (χ0v) is 15.0. The van der Waals surface area contributed by atoms with E-state index in [2.05, 4.69) is 5.32 Å². The average Bonchev–Trinajstić information content (AvgIpc) is 3.26. The zero-order valence-electron chi connectivity index (χ0n) is 15.0. The highest BCUT2D eigenvalue weighted by molar-refractivity contribution is 6.62. The number of hydrogen-bond acceptors (Lipinski definition) is 3. The minimum atomic E-state index is -0.631. The van der Waals surface area contributed by atoms with E-state index >= 15 is 0 Å². The largest absolute Gasteiger partial charge is 0.495 e. The molecule has 3 rings (SSSR count). The minimum Gasteiger partial charge on any atom is -0.399 e. The monoisotopic (exact) mass is 333 g/mol. The van der Waals surface area contributed by atoms with Crippen LogP contribution in [0.1, 0.15) is 56.5 Å². The Morgan fingerprint density at radius 1 is 1.25 bits per heavy atom. The van der Waals surface area contributed by atoms with E-state index in [0.29, 0.717) is 17.9 Å². The van der Waals surface area contributed by atoms with Gasteiger partial charge in [0.2, 0.25) is 0 Å². The third-order valence-electron chi connectivity index (χ3n) is 5.36. The number of carbonyl (C=O) groups excluding carboxylic acids is 1. The minimum absolute atomic E-state index is 0.0772. The molecule has 0 spiro atoms. The normalized spacial score (nSPS) is 21.8. The van der Waals surface area contributed by atoms with E-state index in [0.717, 1.165) is 18.4 Å². The summed E-state index contributed by atoms with van der Waals surface area (Å²) in [6.07, 6.45) is 2.28. The number of halogens is 1. The van der Waals surface area contributed by atoms with Crippen molar-refractivity contribution in [3.8, 4) is 0 Å². The Hall–Kier alpha value is -1.40. The number of aryl methyl sites for hydroxylation is 1. The Labute approximate surface area is 143 Å². The molecule has 1 N–H and O–H groups in total. The lowest BCUT2D eigenvalue weighted by molar-refractivity contribution is 0.00578. The molecule has 0 aromatic heterocycles. The highest BCUT2D eigenvalue weighted by atomic mass is 19.1. The molecule has 0 radical (unpaired) electrons.